The van der Waals surface area contributed by atoms with Crippen molar-refractivity contribution in [2.75, 3.05) is 0 Å². The highest BCUT2D eigenvalue weighted by atomic mass is 32.2. The second-order valence-electron chi connectivity index (χ2n) is 11.6. The molecule has 3 unspecified atom stereocenters. The van der Waals surface area contributed by atoms with E-state index in [1.54, 1.807) is 28.6 Å². The fourth-order valence-corrected chi connectivity index (χ4v) is 8.14. The highest BCUT2D eigenvalue weighted by molar-refractivity contribution is 8.01. The molecule has 2 aliphatic heterocycles. The number of rotatable bonds is 8. The molecule has 2 aliphatic rings. The number of thioether (sulfide) groups is 1. The maximum atomic E-state index is 14.3. The zero-order valence-corrected chi connectivity index (χ0v) is 24.7. The van der Waals surface area contributed by atoms with Crippen LogP contribution in [0.5, 0.6) is 5.75 Å². The van der Waals surface area contributed by atoms with Crippen LogP contribution < -0.4 is 5.32 Å². The van der Waals surface area contributed by atoms with Crippen molar-refractivity contribution in [1.29, 1.82) is 0 Å². The first-order valence-corrected chi connectivity index (χ1v) is 15.2. The molecule has 0 saturated carbocycles. The predicted octanol–water partition coefficient (Wildman–Crippen LogP) is 5.11. The van der Waals surface area contributed by atoms with E-state index < -0.39 is 11.6 Å². The van der Waals surface area contributed by atoms with Crippen LogP contribution in [0.4, 0.5) is 0 Å². The minimum atomic E-state index is -0.751. The Hall–Kier alpha value is -4.47. The molecule has 1 amide bonds. The number of phenolic OH excluding ortho intramolecular Hbond substituents is 1. The van der Waals surface area contributed by atoms with Crippen molar-refractivity contribution in [3.05, 3.63) is 143 Å². The van der Waals surface area contributed by atoms with Gasteiger partial charge < -0.3 is 10.0 Å². The van der Waals surface area contributed by atoms with Gasteiger partial charge in [0.05, 0.1) is 12.1 Å². The summed E-state index contributed by atoms with van der Waals surface area (Å²) in [6.07, 6.45) is 0. The maximum Gasteiger partial charge on any atom is 0.244 e. The minimum Gasteiger partial charge on any atom is -0.508 e. The first-order valence-electron chi connectivity index (χ1n) is 14.4. The Morgan fingerprint density at radius 1 is 0.837 bits per heavy atom. The highest BCUT2D eigenvalue weighted by Gasteiger charge is 2.64. The maximum absolute atomic E-state index is 14.3. The first-order chi connectivity index (χ1) is 20.9. The molecule has 216 valence electrons. The fourth-order valence-electron chi connectivity index (χ4n) is 6.51. The highest BCUT2D eigenvalue weighted by Crippen LogP contribution is 2.57. The third-order valence-corrected chi connectivity index (χ3v) is 10.1. The van der Waals surface area contributed by atoms with Crippen LogP contribution in [0.1, 0.15) is 48.0 Å². The number of phenols is 1. The Balaban J connectivity index is 1.26. The molecular formula is C34H32N6O2S. The van der Waals surface area contributed by atoms with Crippen molar-refractivity contribution in [3.63, 3.8) is 0 Å². The molecule has 3 heterocycles. The van der Waals surface area contributed by atoms with Crippen molar-refractivity contribution >= 4 is 17.7 Å². The molecule has 5 aromatic rings. The molecule has 9 heteroatoms. The van der Waals surface area contributed by atoms with Gasteiger partial charge in [0, 0.05) is 4.75 Å². The van der Waals surface area contributed by atoms with Gasteiger partial charge in [-0.05, 0) is 58.7 Å². The lowest BCUT2D eigenvalue weighted by Crippen LogP contribution is -2.70. The van der Waals surface area contributed by atoms with Gasteiger partial charge in [0.15, 0.2) is 5.82 Å². The van der Waals surface area contributed by atoms with E-state index in [9.17, 15) is 9.90 Å². The van der Waals surface area contributed by atoms with E-state index in [1.807, 2.05) is 71.6 Å². The topological polar surface area (TPSA) is 96.2 Å². The summed E-state index contributed by atoms with van der Waals surface area (Å²) in [5.41, 5.74) is 3.40. The van der Waals surface area contributed by atoms with Gasteiger partial charge in [0.25, 0.3) is 0 Å². The smallest absolute Gasteiger partial charge is 0.244 e. The molecular weight excluding hydrogens is 556 g/mol. The van der Waals surface area contributed by atoms with E-state index in [-0.39, 0.29) is 27.8 Å². The van der Waals surface area contributed by atoms with E-state index >= 15 is 0 Å². The van der Waals surface area contributed by atoms with Gasteiger partial charge in [-0.15, -0.1) is 16.9 Å². The van der Waals surface area contributed by atoms with Crippen LogP contribution in [0.25, 0.3) is 0 Å². The number of benzene rings is 4. The number of fused-ring (bicyclic) bond motifs is 1. The van der Waals surface area contributed by atoms with Crippen LogP contribution >= 0.6 is 11.8 Å². The van der Waals surface area contributed by atoms with Crippen molar-refractivity contribution in [3.8, 4) is 5.75 Å². The number of aromatic hydroxyl groups is 1. The summed E-state index contributed by atoms with van der Waals surface area (Å²) in [4.78, 5) is 16.2. The normalized spacial score (nSPS) is 20.9. The van der Waals surface area contributed by atoms with Crippen molar-refractivity contribution < 1.29 is 9.90 Å². The summed E-state index contributed by atoms with van der Waals surface area (Å²) in [6, 6.07) is 37.3. The molecule has 2 fully saturated rings. The van der Waals surface area contributed by atoms with Crippen molar-refractivity contribution in [1.82, 2.24) is 30.4 Å². The summed E-state index contributed by atoms with van der Waals surface area (Å²) < 4.78 is 1.42. The lowest BCUT2D eigenvalue weighted by Gasteiger charge is -2.49. The average molecular weight is 589 g/mol. The molecule has 2 N–H and O–H groups in total. The largest absolute Gasteiger partial charge is 0.508 e. The lowest BCUT2D eigenvalue weighted by molar-refractivity contribution is -0.150. The number of hydrogen-bond donors (Lipinski definition) is 2. The van der Waals surface area contributed by atoms with Gasteiger partial charge in [-0.2, -0.15) is 0 Å². The third-order valence-electron chi connectivity index (χ3n) is 8.51. The molecule has 0 aliphatic carbocycles. The van der Waals surface area contributed by atoms with Gasteiger partial charge in [-0.3, -0.25) is 10.1 Å². The van der Waals surface area contributed by atoms with Gasteiger partial charge in [0.2, 0.25) is 5.91 Å². The SMILES string of the molecule is CC1(C)SC2C(NC(c3ccccc3)(c3ccccc3)c3ccccc3)C(=O)N2C1c1nnnn1Cc1ccc(O)cc1. The van der Waals surface area contributed by atoms with Crippen LogP contribution in [-0.2, 0) is 16.9 Å². The first kappa shape index (κ1) is 27.4. The summed E-state index contributed by atoms with van der Waals surface area (Å²) in [5, 5.41) is 26.2. The summed E-state index contributed by atoms with van der Waals surface area (Å²) in [7, 11) is 0. The van der Waals surface area contributed by atoms with Crippen LogP contribution in [0, 0.1) is 0 Å². The van der Waals surface area contributed by atoms with Crippen molar-refractivity contribution in [2.45, 2.75) is 48.1 Å². The van der Waals surface area contributed by atoms with Gasteiger partial charge in [0.1, 0.15) is 23.2 Å². The monoisotopic (exact) mass is 588 g/mol. The van der Waals surface area contributed by atoms with E-state index in [1.165, 1.54) is 0 Å². The lowest BCUT2D eigenvalue weighted by atomic mass is 9.76. The van der Waals surface area contributed by atoms with E-state index in [4.69, 9.17) is 0 Å². The Labute approximate surface area is 254 Å². The quantitative estimate of drug-likeness (QED) is 0.192. The number of tetrazole rings is 1. The molecule has 0 radical (unpaired) electrons. The van der Waals surface area contributed by atoms with Gasteiger partial charge in [-0.1, -0.05) is 103 Å². The Morgan fingerprint density at radius 3 is 1.91 bits per heavy atom. The number of amides is 1. The third kappa shape index (κ3) is 4.60. The van der Waals surface area contributed by atoms with E-state index in [0.717, 1.165) is 22.3 Å². The number of nitrogens with zero attached hydrogens (tertiary/aromatic N) is 5. The number of hydrogen-bond acceptors (Lipinski definition) is 7. The zero-order chi connectivity index (χ0) is 29.6. The average Bonchev–Trinajstić information content (AvgIpc) is 3.59. The molecule has 0 spiro atoms. The van der Waals surface area contributed by atoms with Crippen molar-refractivity contribution in [2.24, 2.45) is 0 Å². The van der Waals surface area contributed by atoms with Crippen LogP contribution in [0.15, 0.2) is 115 Å². The molecule has 8 nitrogen and oxygen atoms in total. The van der Waals surface area contributed by atoms with Gasteiger partial charge in [-0.25, -0.2) is 4.68 Å². The standard InChI is InChI=1S/C34H32N6O2S/c1-33(2)29(30-36-37-38-39(30)22-23-18-20-27(41)21-19-23)40-31(42)28(32(40)43-33)35-34(24-12-6-3-7-13-24,25-14-8-4-9-15-25)26-16-10-5-11-17-26/h3-21,28-29,32,35,41H,22H2,1-2H3. The Morgan fingerprint density at radius 2 is 1.37 bits per heavy atom. The Kier molecular flexibility index (Phi) is 6.79. The summed E-state index contributed by atoms with van der Waals surface area (Å²) >= 11 is 1.78. The number of carbonyl (C=O) groups excluding carboxylic acids is 1. The van der Waals surface area contributed by atoms with Crippen LogP contribution in [0.3, 0.4) is 0 Å². The fraction of sp³-hybridized carbons (Fsp3) is 0.235. The molecule has 4 aromatic carbocycles. The summed E-state index contributed by atoms with van der Waals surface area (Å²) in [5.74, 6) is 0.888. The molecule has 1 aromatic heterocycles. The second-order valence-corrected chi connectivity index (χ2v) is 13.4. The second kappa shape index (κ2) is 10.7. The number of β-lactam (4-membered cyclic amide) rings is 1. The number of nitrogens with one attached hydrogen (secondary N) is 1. The molecule has 0 bridgehead atoms. The zero-order valence-electron chi connectivity index (χ0n) is 23.9. The molecule has 43 heavy (non-hydrogen) atoms. The van der Waals surface area contributed by atoms with Crippen LogP contribution in [-0.4, -0.2) is 52.3 Å². The number of carbonyl (C=O) groups is 1. The Bertz CT molecular complexity index is 1630. The molecule has 3 atom stereocenters. The predicted molar refractivity (Wildman–Crippen MR) is 166 cm³/mol. The van der Waals surface area contributed by atoms with Gasteiger partial charge >= 0.3 is 0 Å². The molecule has 2 saturated heterocycles. The van der Waals surface area contributed by atoms with E-state index in [2.05, 4.69) is 71.1 Å². The summed E-state index contributed by atoms with van der Waals surface area (Å²) in [6.45, 7) is 4.75. The minimum absolute atomic E-state index is 0.0272. The van der Waals surface area contributed by atoms with E-state index in [0.29, 0.717) is 12.4 Å². The molecule has 7 rings (SSSR count). The van der Waals surface area contributed by atoms with Crippen LogP contribution in [0.2, 0.25) is 0 Å². The number of aromatic nitrogens is 4.